The molecule has 0 aliphatic heterocycles. The Hall–Kier alpha value is -1.92. The number of benzene rings is 1. The van der Waals surface area contributed by atoms with Gasteiger partial charge >= 0.3 is 0 Å². The molecule has 1 aliphatic rings. The molecular formula is C19H24N2O3S. The van der Waals surface area contributed by atoms with Crippen molar-refractivity contribution < 1.29 is 13.2 Å². The summed E-state index contributed by atoms with van der Waals surface area (Å²) in [6.07, 6.45) is 2.29. The maximum absolute atomic E-state index is 12.7. The van der Waals surface area contributed by atoms with E-state index in [0.29, 0.717) is 11.6 Å². The van der Waals surface area contributed by atoms with Gasteiger partial charge in [-0.05, 0) is 51.8 Å². The van der Waals surface area contributed by atoms with Gasteiger partial charge in [-0.3, -0.25) is 4.79 Å². The Balaban J connectivity index is 1.81. The molecule has 1 aromatic carbocycles. The highest BCUT2D eigenvalue weighted by atomic mass is 32.2. The summed E-state index contributed by atoms with van der Waals surface area (Å²) in [6.45, 7) is 5.67. The number of ketones is 1. The SMILES string of the molecule is Cc1ccc(S(=O)(=O)N(C)CC(=O)c2cc(C)n(C3CC3)c2C)cc1. The summed E-state index contributed by atoms with van der Waals surface area (Å²) in [7, 11) is -2.22. The topological polar surface area (TPSA) is 59.4 Å². The van der Waals surface area contributed by atoms with Crippen molar-refractivity contribution >= 4 is 15.8 Å². The maximum atomic E-state index is 12.7. The molecule has 0 radical (unpaired) electrons. The molecule has 2 aromatic rings. The lowest BCUT2D eigenvalue weighted by molar-refractivity contribution is 0.0972. The molecular weight excluding hydrogens is 336 g/mol. The van der Waals surface area contributed by atoms with Gasteiger partial charge in [0.05, 0.1) is 11.4 Å². The Bertz CT molecular complexity index is 907. The average Bonchev–Trinajstić information content (AvgIpc) is 3.33. The number of nitrogens with zero attached hydrogens (tertiary/aromatic N) is 2. The van der Waals surface area contributed by atoms with Crippen molar-refractivity contribution in [2.45, 2.75) is 44.6 Å². The van der Waals surface area contributed by atoms with E-state index >= 15 is 0 Å². The van der Waals surface area contributed by atoms with Gasteiger partial charge in [-0.2, -0.15) is 4.31 Å². The van der Waals surface area contributed by atoms with E-state index in [-0.39, 0.29) is 17.2 Å². The first-order valence-corrected chi connectivity index (χ1v) is 9.90. The fraction of sp³-hybridized carbons (Fsp3) is 0.421. The number of aryl methyl sites for hydroxylation is 2. The monoisotopic (exact) mass is 360 g/mol. The average molecular weight is 360 g/mol. The number of carbonyl (C=O) groups is 1. The van der Waals surface area contributed by atoms with Gasteiger partial charge < -0.3 is 4.57 Å². The zero-order valence-electron chi connectivity index (χ0n) is 15.1. The lowest BCUT2D eigenvalue weighted by Gasteiger charge is -2.16. The molecule has 6 heteroatoms. The fourth-order valence-corrected chi connectivity index (χ4v) is 4.34. The smallest absolute Gasteiger partial charge is 0.243 e. The van der Waals surface area contributed by atoms with Crippen molar-refractivity contribution in [3.63, 3.8) is 0 Å². The van der Waals surface area contributed by atoms with Crippen LogP contribution < -0.4 is 0 Å². The van der Waals surface area contributed by atoms with Gasteiger partial charge in [-0.15, -0.1) is 0 Å². The zero-order chi connectivity index (χ0) is 18.4. The first-order valence-electron chi connectivity index (χ1n) is 8.46. The van der Waals surface area contributed by atoms with E-state index in [0.717, 1.165) is 34.1 Å². The summed E-state index contributed by atoms with van der Waals surface area (Å²) in [6, 6.07) is 9.03. The third kappa shape index (κ3) is 3.41. The largest absolute Gasteiger partial charge is 0.345 e. The van der Waals surface area contributed by atoms with E-state index in [4.69, 9.17) is 0 Å². The van der Waals surface area contributed by atoms with Gasteiger partial charge in [0.2, 0.25) is 10.0 Å². The van der Waals surface area contributed by atoms with Crippen LogP contribution in [0, 0.1) is 20.8 Å². The van der Waals surface area contributed by atoms with Crippen LogP contribution in [0.1, 0.15) is 46.2 Å². The molecule has 0 bridgehead atoms. The van der Waals surface area contributed by atoms with E-state index in [1.54, 1.807) is 24.3 Å². The number of carbonyl (C=O) groups excluding carboxylic acids is 1. The van der Waals surface area contributed by atoms with Gasteiger partial charge in [-0.1, -0.05) is 17.7 Å². The van der Waals surface area contributed by atoms with Crippen LogP contribution in [0.4, 0.5) is 0 Å². The summed E-state index contributed by atoms with van der Waals surface area (Å²) in [5.74, 6) is -0.168. The molecule has 1 aliphatic carbocycles. The number of likely N-dealkylation sites (N-methyl/N-ethyl adjacent to an activating group) is 1. The first kappa shape index (κ1) is 17.9. The molecule has 0 N–H and O–H groups in total. The van der Waals surface area contributed by atoms with Gasteiger partial charge in [0.1, 0.15) is 0 Å². The molecule has 1 saturated carbocycles. The summed E-state index contributed by atoms with van der Waals surface area (Å²) in [5.41, 5.74) is 3.61. The fourth-order valence-electron chi connectivity index (χ4n) is 3.22. The molecule has 1 fully saturated rings. The van der Waals surface area contributed by atoms with Crippen molar-refractivity contribution in [3.8, 4) is 0 Å². The van der Waals surface area contributed by atoms with E-state index in [2.05, 4.69) is 4.57 Å². The highest BCUT2D eigenvalue weighted by molar-refractivity contribution is 7.89. The molecule has 1 aromatic heterocycles. The number of rotatable bonds is 6. The van der Waals surface area contributed by atoms with Gasteiger partial charge in [0, 0.05) is 30.0 Å². The number of Topliss-reactive ketones (excluding diaryl/α,β-unsaturated/α-hetero) is 1. The minimum Gasteiger partial charge on any atom is -0.345 e. The molecule has 0 atom stereocenters. The molecule has 3 rings (SSSR count). The minimum atomic E-state index is -3.67. The quantitative estimate of drug-likeness (QED) is 0.743. The van der Waals surface area contributed by atoms with Gasteiger partial charge in [0.15, 0.2) is 5.78 Å². The molecule has 25 heavy (non-hydrogen) atoms. The molecule has 1 heterocycles. The van der Waals surface area contributed by atoms with Gasteiger partial charge in [0.25, 0.3) is 0 Å². The van der Waals surface area contributed by atoms with Crippen molar-refractivity contribution in [2.24, 2.45) is 0 Å². The molecule has 5 nitrogen and oxygen atoms in total. The second kappa shape index (κ2) is 6.42. The van der Waals surface area contributed by atoms with Crippen LogP contribution in [0.5, 0.6) is 0 Å². The van der Waals surface area contributed by atoms with Crippen LogP contribution in [-0.2, 0) is 10.0 Å². The van der Waals surface area contributed by atoms with Crippen LogP contribution in [0.15, 0.2) is 35.2 Å². The Morgan fingerprint density at radius 2 is 1.76 bits per heavy atom. The highest BCUT2D eigenvalue weighted by Gasteiger charge is 2.29. The normalized spacial score (nSPS) is 14.9. The van der Waals surface area contributed by atoms with Crippen LogP contribution in [-0.4, -0.2) is 36.7 Å². The predicted octanol–water partition coefficient (Wildman–Crippen LogP) is 3.25. The Kier molecular flexibility index (Phi) is 4.60. The van der Waals surface area contributed by atoms with Crippen LogP contribution in [0.25, 0.3) is 0 Å². The van der Waals surface area contributed by atoms with Crippen LogP contribution >= 0.6 is 0 Å². The predicted molar refractivity (Wildman–Crippen MR) is 97.5 cm³/mol. The highest BCUT2D eigenvalue weighted by Crippen LogP contribution is 2.38. The van der Waals surface area contributed by atoms with Crippen molar-refractivity contribution in [1.82, 2.24) is 8.87 Å². The van der Waals surface area contributed by atoms with Crippen LogP contribution in [0.3, 0.4) is 0 Å². The Morgan fingerprint density at radius 3 is 2.32 bits per heavy atom. The second-order valence-corrected chi connectivity index (χ2v) is 8.93. The van der Waals surface area contributed by atoms with E-state index < -0.39 is 10.0 Å². The van der Waals surface area contributed by atoms with Crippen molar-refractivity contribution in [2.75, 3.05) is 13.6 Å². The minimum absolute atomic E-state index is 0.162. The summed E-state index contributed by atoms with van der Waals surface area (Å²) in [4.78, 5) is 12.9. The molecule has 0 unspecified atom stereocenters. The summed E-state index contributed by atoms with van der Waals surface area (Å²) in [5, 5.41) is 0. The first-order chi connectivity index (χ1) is 11.7. The summed E-state index contributed by atoms with van der Waals surface area (Å²) >= 11 is 0. The maximum Gasteiger partial charge on any atom is 0.243 e. The van der Waals surface area contributed by atoms with E-state index in [1.165, 1.54) is 7.05 Å². The Morgan fingerprint density at radius 1 is 1.16 bits per heavy atom. The number of hydrogen-bond acceptors (Lipinski definition) is 3. The third-order valence-electron chi connectivity index (χ3n) is 4.79. The molecule has 0 amide bonds. The number of sulfonamides is 1. The van der Waals surface area contributed by atoms with Crippen molar-refractivity contribution in [3.05, 3.63) is 52.8 Å². The molecule has 0 spiro atoms. The van der Waals surface area contributed by atoms with E-state index in [9.17, 15) is 13.2 Å². The van der Waals surface area contributed by atoms with E-state index in [1.807, 2.05) is 26.8 Å². The molecule has 134 valence electrons. The standard InChI is InChI=1S/C19H24N2O3S/c1-13-5-9-17(10-6-13)25(23,24)20(4)12-19(22)18-11-14(2)21(15(18)3)16-7-8-16/h5-6,9-11,16H,7-8,12H2,1-4H3. The summed E-state index contributed by atoms with van der Waals surface area (Å²) < 4.78 is 28.6. The molecule has 0 saturated heterocycles. The Labute approximate surface area is 149 Å². The second-order valence-electron chi connectivity index (χ2n) is 6.88. The lowest BCUT2D eigenvalue weighted by Crippen LogP contribution is -2.32. The number of hydrogen-bond donors (Lipinski definition) is 0. The number of aromatic nitrogens is 1. The van der Waals surface area contributed by atoms with Crippen LogP contribution in [0.2, 0.25) is 0 Å². The van der Waals surface area contributed by atoms with Gasteiger partial charge in [-0.25, -0.2) is 8.42 Å². The third-order valence-corrected chi connectivity index (χ3v) is 6.61. The van der Waals surface area contributed by atoms with Crippen molar-refractivity contribution in [1.29, 1.82) is 0 Å². The lowest BCUT2D eigenvalue weighted by atomic mass is 10.1. The zero-order valence-corrected chi connectivity index (χ0v) is 15.9.